The van der Waals surface area contributed by atoms with E-state index in [-0.39, 0.29) is 11.3 Å². The molecule has 0 fully saturated rings. The van der Waals surface area contributed by atoms with E-state index in [1.165, 1.54) is 25.7 Å². The highest BCUT2D eigenvalue weighted by molar-refractivity contribution is 5.81. The fraction of sp³-hybridized carbons (Fsp3) is 0.923. The second-order valence-corrected chi connectivity index (χ2v) is 4.91. The zero-order chi connectivity index (χ0) is 11.7. The van der Waals surface area contributed by atoms with Crippen LogP contribution in [0.1, 0.15) is 66.2 Å². The number of hydrogen-bond donors (Lipinski definition) is 1. The monoisotopic (exact) mass is 213 g/mol. The molecule has 0 aromatic carbocycles. The van der Waals surface area contributed by atoms with Gasteiger partial charge in [0.1, 0.15) is 0 Å². The molecule has 0 aliphatic rings. The maximum Gasteiger partial charge on any atom is 0.225 e. The zero-order valence-corrected chi connectivity index (χ0v) is 10.9. The summed E-state index contributed by atoms with van der Waals surface area (Å²) in [5, 5.41) is 3.01. The Kier molecular flexibility index (Phi) is 7.45. The van der Waals surface area contributed by atoms with Gasteiger partial charge in [0.15, 0.2) is 0 Å². The molecule has 0 aromatic rings. The fourth-order valence-electron chi connectivity index (χ4n) is 1.33. The molecule has 0 rings (SSSR count). The van der Waals surface area contributed by atoms with Crippen LogP contribution < -0.4 is 5.32 Å². The van der Waals surface area contributed by atoms with Crippen molar-refractivity contribution in [2.45, 2.75) is 66.2 Å². The standard InChI is InChI=1S/C13H27NO/c1-5-7-8-9-10-11-14-12(15)13(3,4)6-2/h5-11H2,1-4H3,(H,14,15). The predicted octanol–water partition coefficient (Wildman–Crippen LogP) is 3.51. The molecule has 1 amide bonds. The third kappa shape index (κ3) is 6.53. The van der Waals surface area contributed by atoms with Gasteiger partial charge in [-0.1, -0.05) is 53.4 Å². The van der Waals surface area contributed by atoms with Crippen LogP contribution in [0.15, 0.2) is 0 Å². The van der Waals surface area contributed by atoms with Crippen LogP contribution in [0.2, 0.25) is 0 Å². The van der Waals surface area contributed by atoms with Gasteiger partial charge in [0.2, 0.25) is 5.91 Å². The molecule has 0 atom stereocenters. The molecule has 0 aliphatic heterocycles. The average Bonchev–Trinajstić information content (AvgIpc) is 2.22. The topological polar surface area (TPSA) is 29.1 Å². The van der Waals surface area contributed by atoms with Crippen LogP contribution in [0, 0.1) is 5.41 Å². The average molecular weight is 213 g/mol. The lowest BCUT2D eigenvalue weighted by molar-refractivity contribution is -0.129. The highest BCUT2D eigenvalue weighted by atomic mass is 16.2. The Morgan fingerprint density at radius 2 is 1.67 bits per heavy atom. The minimum absolute atomic E-state index is 0.195. The molecular formula is C13H27NO. The molecule has 0 bridgehead atoms. The summed E-state index contributed by atoms with van der Waals surface area (Å²) in [5.74, 6) is 0.195. The first-order valence-electron chi connectivity index (χ1n) is 6.33. The maximum atomic E-state index is 11.7. The Morgan fingerprint density at radius 3 is 2.20 bits per heavy atom. The van der Waals surface area contributed by atoms with Crippen LogP contribution in [-0.2, 0) is 4.79 Å². The third-order valence-corrected chi connectivity index (χ3v) is 3.06. The molecule has 0 unspecified atom stereocenters. The van der Waals surface area contributed by atoms with Gasteiger partial charge in [-0.25, -0.2) is 0 Å². The molecule has 0 spiro atoms. The Morgan fingerprint density at radius 1 is 1.07 bits per heavy atom. The minimum atomic E-state index is -0.205. The maximum absolute atomic E-state index is 11.7. The van der Waals surface area contributed by atoms with Gasteiger partial charge in [-0.15, -0.1) is 0 Å². The molecule has 1 N–H and O–H groups in total. The first-order chi connectivity index (χ1) is 7.04. The fourth-order valence-corrected chi connectivity index (χ4v) is 1.33. The Labute approximate surface area is 94.8 Å². The van der Waals surface area contributed by atoms with E-state index < -0.39 is 0 Å². The summed E-state index contributed by atoms with van der Waals surface area (Å²) in [6.07, 6.45) is 7.13. The first kappa shape index (κ1) is 14.5. The van der Waals surface area contributed by atoms with Crippen molar-refractivity contribution in [1.29, 1.82) is 0 Å². The quantitative estimate of drug-likeness (QED) is 0.614. The number of hydrogen-bond acceptors (Lipinski definition) is 1. The van der Waals surface area contributed by atoms with Gasteiger partial charge >= 0.3 is 0 Å². The van der Waals surface area contributed by atoms with E-state index in [4.69, 9.17) is 0 Å². The summed E-state index contributed by atoms with van der Waals surface area (Å²) in [6.45, 7) is 9.11. The van der Waals surface area contributed by atoms with Crippen LogP contribution in [0.3, 0.4) is 0 Å². The summed E-state index contributed by atoms with van der Waals surface area (Å²) in [4.78, 5) is 11.7. The van der Waals surface area contributed by atoms with Crippen molar-refractivity contribution in [2.24, 2.45) is 5.41 Å². The SMILES string of the molecule is CCCCCCCNC(=O)C(C)(C)CC. The third-order valence-electron chi connectivity index (χ3n) is 3.06. The minimum Gasteiger partial charge on any atom is -0.356 e. The highest BCUT2D eigenvalue weighted by Gasteiger charge is 2.24. The second kappa shape index (κ2) is 7.72. The number of nitrogens with one attached hydrogen (secondary N) is 1. The molecule has 0 saturated heterocycles. The molecular weight excluding hydrogens is 186 g/mol. The lowest BCUT2D eigenvalue weighted by Gasteiger charge is -2.21. The van der Waals surface area contributed by atoms with E-state index >= 15 is 0 Å². The van der Waals surface area contributed by atoms with Crippen LogP contribution in [0.4, 0.5) is 0 Å². The van der Waals surface area contributed by atoms with Crippen LogP contribution >= 0.6 is 0 Å². The van der Waals surface area contributed by atoms with E-state index in [2.05, 4.69) is 19.2 Å². The lowest BCUT2D eigenvalue weighted by atomic mass is 9.89. The van der Waals surface area contributed by atoms with Gasteiger partial charge in [0, 0.05) is 12.0 Å². The molecule has 2 heteroatoms. The van der Waals surface area contributed by atoms with Crippen molar-refractivity contribution in [3.8, 4) is 0 Å². The van der Waals surface area contributed by atoms with Crippen molar-refractivity contribution in [1.82, 2.24) is 5.32 Å². The predicted molar refractivity (Wildman–Crippen MR) is 65.8 cm³/mol. The van der Waals surface area contributed by atoms with Gasteiger partial charge in [-0.2, -0.15) is 0 Å². The van der Waals surface area contributed by atoms with Crippen LogP contribution in [-0.4, -0.2) is 12.5 Å². The number of carbonyl (C=O) groups is 1. The van der Waals surface area contributed by atoms with Gasteiger partial charge in [0.25, 0.3) is 0 Å². The summed E-state index contributed by atoms with van der Waals surface area (Å²) in [6, 6.07) is 0. The molecule has 0 aliphatic carbocycles. The first-order valence-corrected chi connectivity index (χ1v) is 6.33. The van der Waals surface area contributed by atoms with E-state index in [9.17, 15) is 4.79 Å². The normalized spacial score (nSPS) is 11.5. The van der Waals surface area contributed by atoms with E-state index in [0.29, 0.717) is 0 Å². The van der Waals surface area contributed by atoms with E-state index in [0.717, 1.165) is 19.4 Å². The van der Waals surface area contributed by atoms with Gasteiger partial charge in [-0.3, -0.25) is 4.79 Å². The number of carbonyl (C=O) groups excluding carboxylic acids is 1. The van der Waals surface area contributed by atoms with Gasteiger partial charge < -0.3 is 5.32 Å². The van der Waals surface area contributed by atoms with Crippen molar-refractivity contribution in [3.63, 3.8) is 0 Å². The largest absolute Gasteiger partial charge is 0.356 e. The van der Waals surface area contributed by atoms with Crippen molar-refractivity contribution in [2.75, 3.05) is 6.54 Å². The Hall–Kier alpha value is -0.530. The van der Waals surface area contributed by atoms with Gasteiger partial charge in [0.05, 0.1) is 0 Å². The smallest absolute Gasteiger partial charge is 0.225 e. The molecule has 90 valence electrons. The zero-order valence-electron chi connectivity index (χ0n) is 10.9. The van der Waals surface area contributed by atoms with Crippen molar-refractivity contribution < 1.29 is 4.79 Å². The van der Waals surface area contributed by atoms with Crippen molar-refractivity contribution >= 4 is 5.91 Å². The Balaban J connectivity index is 3.47. The second-order valence-electron chi connectivity index (χ2n) is 4.91. The van der Waals surface area contributed by atoms with E-state index in [1.54, 1.807) is 0 Å². The summed E-state index contributed by atoms with van der Waals surface area (Å²) < 4.78 is 0. The summed E-state index contributed by atoms with van der Waals surface area (Å²) >= 11 is 0. The molecule has 0 saturated carbocycles. The lowest BCUT2D eigenvalue weighted by Crippen LogP contribution is -2.36. The number of rotatable bonds is 8. The molecule has 15 heavy (non-hydrogen) atoms. The highest BCUT2D eigenvalue weighted by Crippen LogP contribution is 2.19. The van der Waals surface area contributed by atoms with Gasteiger partial charge in [-0.05, 0) is 12.8 Å². The van der Waals surface area contributed by atoms with Crippen LogP contribution in [0.5, 0.6) is 0 Å². The molecule has 2 nitrogen and oxygen atoms in total. The van der Waals surface area contributed by atoms with Crippen LogP contribution in [0.25, 0.3) is 0 Å². The number of amides is 1. The molecule has 0 aromatic heterocycles. The molecule has 0 radical (unpaired) electrons. The summed E-state index contributed by atoms with van der Waals surface area (Å²) in [5.41, 5.74) is -0.205. The Bertz CT molecular complexity index is 175. The summed E-state index contributed by atoms with van der Waals surface area (Å²) in [7, 11) is 0. The van der Waals surface area contributed by atoms with Crippen molar-refractivity contribution in [3.05, 3.63) is 0 Å². The number of unbranched alkanes of at least 4 members (excludes halogenated alkanes) is 4. The molecule has 0 heterocycles. The van der Waals surface area contributed by atoms with E-state index in [1.807, 2.05) is 13.8 Å².